The Morgan fingerprint density at radius 1 is 0.794 bits per heavy atom. The first-order valence-electron chi connectivity index (χ1n) is 10.5. The highest BCUT2D eigenvalue weighted by Crippen LogP contribution is 2.38. The van der Waals surface area contributed by atoms with Crippen molar-refractivity contribution < 1.29 is 23.7 Å². The molecule has 0 spiro atoms. The van der Waals surface area contributed by atoms with Gasteiger partial charge < -0.3 is 18.9 Å². The van der Waals surface area contributed by atoms with Gasteiger partial charge in [0.15, 0.2) is 17.3 Å². The minimum atomic E-state index is -0.0437. The Morgan fingerprint density at radius 3 is 2.00 bits per heavy atom. The number of carbonyl (C=O) groups excluding carboxylic acids is 1. The second-order valence-electron chi connectivity index (χ2n) is 7.17. The third-order valence-corrected chi connectivity index (χ3v) is 5.28. The van der Waals surface area contributed by atoms with Crippen LogP contribution < -0.4 is 18.9 Å². The van der Waals surface area contributed by atoms with Crippen LogP contribution in [0.4, 0.5) is 5.69 Å². The number of rotatable bonds is 10. The maximum absolute atomic E-state index is 12.4. The number of aliphatic imine (C=N–C) groups is 1. The lowest BCUT2D eigenvalue weighted by atomic mass is 10.1. The summed E-state index contributed by atoms with van der Waals surface area (Å²) in [6, 6.07) is 16.2. The highest BCUT2D eigenvalue weighted by molar-refractivity contribution is 6.30. The second kappa shape index (κ2) is 11.9. The fraction of sp³-hybridized carbons (Fsp3) is 0.185. The van der Waals surface area contributed by atoms with E-state index in [1.165, 1.54) is 0 Å². The molecule has 6 nitrogen and oxygen atoms in total. The third-order valence-electron chi connectivity index (χ3n) is 5.03. The van der Waals surface area contributed by atoms with E-state index < -0.39 is 0 Å². The lowest BCUT2D eigenvalue weighted by molar-refractivity contribution is 0.100. The largest absolute Gasteiger partial charge is 0.494 e. The summed E-state index contributed by atoms with van der Waals surface area (Å²) in [6.07, 6.45) is 5.62. The molecule has 176 valence electrons. The maximum Gasteiger partial charge on any atom is 0.203 e. The molecular formula is C27H26ClNO5. The Morgan fingerprint density at radius 2 is 1.41 bits per heavy atom. The maximum atomic E-state index is 12.4. The second-order valence-corrected chi connectivity index (χ2v) is 7.61. The number of nitrogens with zero attached hydrogens (tertiary/aromatic N) is 1. The normalized spacial score (nSPS) is 11.1. The number of benzene rings is 3. The van der Waals surface area contributed by atoms with E-state index in [9.17, 15) is 4.79 Å². The molecule has 34 heavy (non-hydrogen) atoms. The number of methoxy groups -OCH3 is 4. The predicted molar refractivity (Wildman–Crippen MR) is 137 cm³/mol. The van der Waals surface area contributed by atoms with Crippen LogP contribution in [0, 0.1) is 0 Å². The van der Waals surface area contributed by atoms with Crippen molar-refractivity contribution in [1.29, 1.82) is 0 Å². The van der Waals surface area contributed by atoms with Crippen LogP contribution in [0.15, 0.2) is 59.6 Å². The van der Waals surface area contributed by atoms with Crippen LogP contribution in [0.3, 0.4) is 0 Å². The van der Waals surface area contributed by atoms with Crippen LogP contribution in [0.5, 0.6) is 23.0 Å². The van der Waals surface area contributed by atoms with Crippen LogP contribution in [0.1, 0.15) is 27.9 Å². The molecule has 7 heteroatoms. The van der Waals surface area contributed by atoms with Gasteiger partial charge in [0.05, 0.1) is 28.4 Å². The van der Waals surface area contributed by atoms with Gasteiger partial charge in [-0.1, -0.05) is 29.8 Å². The van der Waals surface area contributed by atoms with Gasteiger partial charge in [0.2, 0.25) is 5.75 Å². The van der Waals surface area contributed by atoms with Crippen LogP contribution in [0.2, 0.25) is 5.02 Å². The van der Waals surface area contributed by atoms with Crippen LogP contribution in [-0.4, -0.2) is 40.4 Å². The zero-order valence-corrected chi connectivity index (χ0v) is 20.3. The van der Waals surface area contributed by atoms with Crippen molar-refractivity contribution in [2.45, 2.75) is 6.42 Å². The van der Waals surface area contributed by atoms with Crippen molar-refractivity contribution in [3.63, 3.8) is 0 Å². The molecule has 0 unspecified atom stereocenters. The number of ether oxygens (including phenoxy) is 4. The van der Waals surface area contributed by atoms with Gasteiger partial charge in [-0.25, -0.2) is 0 Å². The molecule has 0 aliphatic carbocycles. The molecule has 0 aliphatic rings. The van der Waals surface area contributed by atoms with Crippen molar-refractivity contribution in [1.82, 2.24) is 0 Å². The first-order chi connectivity index (χ1) is 16.5. The lowest BCUT2D eigenvalue weighted by Crippen LogP contribution is -1.99. The Hall–Kier alpha value is -3.77. The number of halogens is 1. The quantitative estimate of drug-likeness (QED) is 0.188. The summed E-state index contributed by atoms with van der Waals surface area (Å²) in [6.45, 7) is 0. The summed E-state index contributed by atoms with van der Waals surface area (Å²) in [5.74, 6) is 2.26. The van der Waals surface area contributed by atoms with Crippen LogP contribution >= 0.6 is 11.6 Å². The molecule has 0 aromatic heterocycles. The summed E-state index contributed by atoms with van der Waals surface area (Å²) in [5, 5.41) is 0.589. The molecule has 0 amide bonds. The van der Waals surface area contributed by atoms with Gasteiger partial charge in [0.25, 0.3) is 0 Å². The first-order valence-corrected chi connectivity index (χ1v) is 10.8. The molecule has 0 saturated carbocycles. The van der Waals surface area contributed by atoms with E-state index in [2.05, 4.69) is 4.99 Å². The summed E-state index contributed by atoms with van der Waals surface area (Å²) in [7, 11) is 6.31. The van der Waals surface area contributed by atoms with E-state index in [0.717, 1.165) is 11.1 Å². The van der Waals surface area contributed by atoms with Crippen LogP contribution in [0.25, 0.3) is 12.2 Å². The van der Waals surface area contributed by atoms with Gasteiger partial charge in [0.1, 0.15) is 11.4 Å². The van der Waals surface area contributed by atoms with E-state index in [1.807, 2.05) is 42.5 Å². The Bertz CT molecular complexity index is 1180. The molecule has 0 radical (unpaired) electrons. The van der Waals surface area contributed by atoms with E-state index >= 15 is 0 Å². The zero-order valence-electron chi connectivity index (χ0n) is 19.5. The molecule has 3 aromatic rings. The van der Waals surface area contributed by atoms with Gasteiger partial charge in [-0.3, -0.25) is 9.79 Å². The highest BCUT2D eigenvalue weighted by atomic mass is 35.5. The van der Waals surface area contributed by atoms with E-state index in [4.69, 9.17) is 30.5 Å². The molecule has 3 aromatic carbocycles. The zero-order chi connectivity index (χ0) is 24.5. The van der Waals surface area contributed by atoms with Gasteiger partial charge in [0, 0.05) is 23.2 Å². The third kappa shape index (κ3) is 6.17. The number of Topliss-reactive ketones (excluding diaryl/α,β-unsaturated/α-hetero) is 1. The minimum absolute atomic E-state index is 0.0437. The molecule has 0 atom stereocenters. The molecule has 0 heterocycles. The summed E-state index contributed by atoms with van der Waals surface area (Å²) >= 11 is 5.88. The fourth-order valence-corrected chi connectivity index (χ4v) is 3.41. The van der Waals surface area contributed by atoms with Gasteiger partial charge >= 0.3 is 0 Å². The smallest absolute Gasteiger partial charge is 0.203 e. The molecule has 0 N–H and O–H groups in total. The van der Waals surface area contributed by atoms with Crippen molar-refractivity contribution in [3.05, 3.63) is 76.3 Å². The molecule has 3 rings (SSSR count). The molecule has 0 aliphatic heterocycles. The fourth-order valence-electron chi connectivity index (χ4n) is 3.28. The number of hydrogen-bond donors (Lipinski definition) is 0. The molecule has 0 saturated heterocycles. The summed E-state index contributed by atoms with van der Waals surface area (Å²) in [4.78, 5) is 16.8. The lowest BCUT2D eigenvalue weighted by Gasteiger charge is -2.12. The van der Waals surface area contributed by atoms with Crippen molar-refractivity contribution in [2.75, 3.05) is 28.4 Å². The number of hydrogen-bond acceptors (Lipinski definition) is 6. The van der Waals surface area contributed by atoms with E-state index in [0.29, 0.717) is 39.3 Å². The average Bonchev–Trinajstić information content (AvgIpc) is 2.87. The molecule has 0 bridgehead atoms. The number of ketones is 1. The first kappa shape index (κ1) is 24.9. The Balaban J connectivity index is 1.80. The van der Waals surface area contributed by atoms with E-state index in [-0.39, 0.29) is 12.2 Å². The molecule has 0 fully saturated rings. The average molecular weight is 480 g/mol. The summed E-state index contributed by atoms with van der Waals surface area (Å²) < 4.78 is 21.6. The van der Waals surface area contributed by atoms with Gasteiger partial charge in [-0.15, -0.1) is 0 Å². The monoisotopic (exact) mass is 479 g/mol. The van der Waals surface area contributed by atoms with Crippen LogP contribution in [-0.2, 0) is 0 Å². The molecular weight excluding hydrogens is 454 g/mol. The minimum Gasteiger partial charge on any atom is -0.494 e. The Labute approximate surface area is 204 Å². The van der Waals surface area contributed by atoms with Crippen molar-refractivity contribution in [3.8, 4) is 23.0 Å². The van der Waals surface area contributed by atoms with E-state index in [1.54, 1.807) is 58.9 Å². The van der Waals surface area contributed by atoms with Crippen molar-refractivity contribution in [2.24, 2.45) is 4.99 Å². The standard InChI is InChI=1S/C27H26ClNO5/c1-31-24-12-7-18(5-6-19-16-25(32-2)27(34-4)26(17-19)33-3)15-22(24)29-14-13-23(30)20-8-10-21(28)11-9-20/h5-12,14-17H,13H2,1-4H3/b6-5-,29-14?. The topological polar surface area (TPSA) is 66.3 Å². The van der Waals surface area contributed by atoms with Gasteiger partial charge in [-0.2, -0.15) is 0 Å². The highest BCUT2D eigenvalue weighted by Gasteiger charge is 2.12. The number of carbonyl (C=O) groups is 1. The Kier molecular flexibility index (Phi) is 8.71. The summed E-state index contributed by atoms with van der Waals surface area (Å²) in [5.41, 5.74) is 3.00. The van der Waals surface area contributed by atoms with Gasteiger partial charge in [-0.05, 0) is 59.7 Å². The predicted octanol–water partition coefficient (Wildman–Crippen LogP) is 6.52. The SMILES string of the molecule is COc1ccc(/C=C\c2cc(OC)c(OC)c(OC)c2)cc1N=CCC(=O)c1ccc(Cl)cc1. The van der Waals surface area contributed by atoms with Crippen molar-refractivity contribution >= 4 is 41.4 Å².